The standard InChI is InChI=1S/C24H21N7O6/c1-31-8-7-27-20(31)13-3-2-4-14(9-13)36-24-29-21-18(28-17(32)11-35-21)22(30-24)37-16-10-12(19(25)26)5-6-15(16)23(33)34/h2-6,9-10H,7-8,11H2,1H3,(H3,25,26)(H,28,32)(H,33,34). The summed E-state index contributed by atoms with van der Waals surface area (Å²) in [6, 6.07) is 11.0. The van der Waals surface area contributed by atoms with Crippen molar-refractivity contribution >= 4 is 29.2 Å². The zero-order chi connectivity index (χ0) is 26.1. The minimum absolute atomic E-state index is 0.00357. The number of carbonyl (C=O) groups excluding carboxylic acids is 1. The largest absolute Gasteiger partial charge is 0.478 e. The lowest BCUT2D eigenvalue weighted by Crippen LogP contribution is -2.27. The molecule has 37 heavy (non-hydrogen) atoms. The number of amidine groups is 2. The number of likely N-dealkylation sites (N-methyl/N-ethyl adjacent to an activating group) is 1. The zero-order valence-corrected chi connectivity index (χ0v) is 19.5. The van der Waals surface area contributed by atoms with Crippen molar-refractivity contribution in [1.29, 1.82) is 5.41 Å². The molecule has 0 unspecified atom stereocenters. The van der Waals surface area contributed by atoms with E-state index in [9.17, 15) is 14.7 Å². The molecule has 0 saturated heterocycles. The van der Waals surface area contributed by atoms with E-state index < -0.39 is 11.9 Å². The van der Waals surface area contributed by atoms with E-state index in [1.165, 1.54) is 18.2 Å². The highest BCUT2D eigenvalue weighted by Crippen LogP contribution is 2.39. The van der Waals surface area contributed by atoms with Crippen LogP contribution in [0.25, 0.3) is 0 Å². The fourth-order valence-electron chi connectivity index (χ4n) is 3.75. The molecule has 3 aromatic rings. The molecule has 2 aliphatic rings. The molecule has 13 nitrogen and oxygen atoms in total. The van der Waals surface area contributed by atoms with Gasteiger partial charge in [0.25, 0.3) is 11.8 Å². The molecule has 5 rings (SSSR count). The van der Waals surface area contributed by atoms with E-state index in [1.807, 2.05) is 18.0 Å². The van der Waals surface area contributed by atoms with E-state index in [0.29, 0.717) is 12.3 Å². The molecule has 1 aromatic heterocycles. The van der Waals surface area contributed by atoms with Gasteiger partial charge in [0.05, 0.1) is 6.54 Å². The molecule has 0 saturated carbocycles. The Morgan fingerprint density at radius 3 is 2.78 bits per heavy atom. The normalized spacial score (nSPS) is 14.2. The monoisotopic (exact) mass is 503 g/mol. The van der Waals surface area contributed by atoms with Gasteiger partial charge in [0.15, 0.2) is 12.3 Å². The van der Waals surface area contributed by atoms with E-state index in [1.54, 1.807) is 18.2 Å². The number of nitrogens with one attached hydrogen (secondary N) is 2. The van der Waals surface area contributed by atoms with Gasteiger partial charge in [-0.1, -0.05) is 18.2 Å². The van der Waals surface area contributed by atoms with Crippen molar-refractivity contribution in [3.05, 3.63) is 59.2 Å². The van der Waals surface area contributed by atoms with Gasteiger partial charge in [0, 0.05) is 24.7 Å². The maximum atomic E-state index is 12.0. The number of benzene rings is 2. The lowest BCUT2D eigenvalue weighted by molar-refractivity contribution is -0.118. The Balaban J connectivity index is 1.53. The highest BCUT2D eigenvalue weighted by molar-refractivity contribution is 6.00. The Labute approximate surface area is 210 Å². The third-order valence-corrected chi connectivity index (χ3v) is 5.52. The zero-order valence-electron chi connectivity index (χ0n) is 19.5. The maximum absolute atomic E-state index is 12.0. The summed E-state index contributed by atoms with van der Waals surface area (Å²) >= 11 is 0. The Bertz CT molecular complexity index is 1470. The first-order chi connectivity index (χ1) is 17.8. The van der Waals surface area contributed by atoms with E-state index >= 15 is 0 Å². The second-order valence-electron chi connectivity index (χ2n) is 8.12. The highest BCUT2D eigenvalue weighted by atomic mass is 16.5. The maximum Gasteiger partial charge on any atom is 0.339 e. The molecule has 0 aliphatic carbocycles. The number of nitrogens with zero attached hydrogens (tertiary/aromatic N) is 4. The van der Waals surface area contributed by atoms with Gasteiger partial charge in [0.2, 0.25) is 5.88 Å². The second kappa shape index (κ2) is 9.45. The van der Waals surface area contributed by atoms with Crippen molar-refractivity contribution in [3.8, 4) is 29.3 Å². The fourth-order valence-corrected chi connectivity index (χ4v) is 3.75. The van der Waals surface area contributed by atoms with Crippen LogP contribution in [0.15, 0.2) is 47.5 Å². The first-order valence-corrected chi connectivity index (χ1v) is 11.1. The summed E-state index contributed by atoms with van der Waals surface area (Å²) in [5.41, 5.74) is 6.43. The van der Waals surface area contributed by atoms with Gasteiger partial charge in [-0.25, -0.2) is 4.79 Å². The highest BCUT2D eigenvalue weighted by Gasteiger charge is 2.27. The molecule has 0 bridgehead atoms. The molecule has 0 fully saturated rings. The van der Waals surface area contributed by atoms with Gasteiger partial charge < -0.3 is 35.3 Å². The number of nitrogen functional groups attached to an aromatic ring is 1. The van der Waals surface area contributed by atoms with Crippen molar-refractivity contribution in [2.45, 2.75) is 0 Å². The van der Waals surface area contributed by atoms with Crippen molar-refractivity contribution in [1.82, 2.24) is 14.9 Å². The van der Waals surface area contributed by atoms with Crippen LogP contribution in [0.4, 0.5) is 5.69 Å². The topological polar surface area (TPSA) is 185 Å². The summed E-state index contributed by atoms with van der Waals surface area (Å²) in [7, 11) is 1.95. The van der Waals surface area contributed by atoms with Gasteiger partial charge in [-0.05, 0) is 24.3 Å². The summed E-state index contributed by atoms with van der Waals surface area (Å²) < 4.78 is 17.1. The lowest BCUT2D eigenvalue weighted by atomic mass is 10.1. The molecule has 188 valence electrons. The van der Waals surface area contributed by atoms with E-state index in [4.69, 9.17) is 25.4 Å². The lowest BCUT2D eigenvalue weighted by Gasteiger charge is -2.20. The molecule has 0 radical (unpaired) electrons. The SMILES string of the molecule is CN1CCN=C1c1cccc(Oc2nc3c(c(Oc4cc(C(=N)N)ccc4C(=O)O)n2)NC(=O)CO3)c1. The number of hydrogen-bond donors (Lipinski definition) is 4. The van der Waals surface area contributed by atoms with Crippen LogP contribution in [0.2, 0.25) is 0 Å². The summed E-state index contributed by atoms with van der Waals surface area (Å²) in [5, 5.41) is 19.8. The van der Waals surface area contributed by atoms with Gasteiger partial charge in [-0.2, -0.15) is 9.97 Å². The van der Waals surface area contributed by atoms with Crippen molar-refractivity contribution in [2.24, 2.45) is 10.7 Å². The van der Waals surface area contributed by atoms with Gasteiger partial charge in [-0.15, -0.1) is 0 Å². The van der Waals surface area contributed by atoms with Crippen LogP contribution in [-0.4, -0.2) is 70.3 Å². The molecule has 1 amide bonds. The predicted octanol–water partition coefficient (Wildman–Crippen LogP) is 2.07. The molecule has 2 aromatic carbocycles. The first-order valence-electron chi connectivity index (χ1n) is 11.1. The van der Waals surface area contributed by atoms with E-state index in [0.717, 1.165) is 17.9 Å². The molecular formula is C24H21N7O6. The Morgan fingerprint density at radius 1 is 1.22 bits per heavy atom. The van der Waals surface area contributed by atoms with Crippen LogP contribution in [0.1, 0.15) is 21.5 Å². The average Bonchev–Trinajstić information content (AvgIpc) is 3.30. The summed E-state index contributed by atoms with van der Waals surface area (Å²) in [4.78, 5) is 38.8. The van der Waals surface area contributed by atoms with Crippen LogP contribution in [0, 0.1) is 5.41 Å². The van der Waals surface area contributed by atoms with Crippen LogP contribution >= 0.6 is 0 Å². The number of aromatic carboxylic acids is 1. The molecule has 5 N–H and O–H groups in total. The van der Waals surface area contributed by atoms with Crippen molar-refractivity contribution in [3.63, 3.8) is 0 Å². The van der Waals surface area contributed by atoms with Gasteiger partial charge in [0.1, 0.15) is 28.7 Å². The first kappa shape index (κ1) is 23.5. The van der Waals surface area contributed by atoms with Crippen LogP contribution in [-0.2, 0) is 4.79 Å². The molecule has 0 atom stereocenters. The molecular weight excluding hydrogens is 482 g/mol. The second-order valence-corrected chi connectivity index (χ2v) is 8.12. The summed E-state index contributed by atoms with van der Waals surface area (Å²) in [6.45, 7) is 1.24. The average molecular weight is 503 g/mol. The number of aromatic nitrogens is 2. The van der Waals surface area contributed by atoms with Crippen LogP contribution in [0.3, 0.4) is 0 Å². The number of amides is 1. The number of fused-ring (bicyclic) bond motifs is 1. The number of ether oxygens (including phenoxy) is 3. The number of rotatable bonds is 7. The third-order valence-electron chi connectivity index (χ3n) is 5.52. The minimum atomic E-state index is -1.28. The smallest absolute Gasteiger partial charge is 0.339 e. The molecule has 2 aliphatic heterocycles. The Morgan fingerprint density at radius 2 is 2.05 bits per heavy atom. The Kier molecular flexibility index (Phi) is 6.01. The van der Waals surface area contributed by atoms with Crippen LogP contribution < -0.4 is 25.3 Å². The fraction of sp³-hybridized carbons (Fsp3) is 0.167. The number of anilines is 1. The summed E-state index contributed by atoms with van der Waals surface area (Å²) in [5.74, 6) is -1.18. The van der Waals surface area contributed by atoms with Crippen molar-refractivity contribution in [2.75, 3.05) is 32.1 Å². The quantitative estimate of drug-likeness (QED) is 0.275. The molecule has 13 heteroatoms. The minimum Gasteiger partial charge on any atom is -0.478 e. The van der Waals surface area contributed by atoms with Gasteiger partial charge in [-0.3, -0.25) is 15.2 Å². The van der Waals surface area contributed by atoms with Crippen molar-refractivity contribution < 1.29 is 28.9 Å². The number of carbonyl (C=O) groups is 2. The predicted molar refractivity (Wildman–Crippen MR) is 131 cm³/mol. The number of nitrogens with two attached hydrogens (primary N) is 1. The van der Waals surface area contributed by atoms with Crippen LogP contribution in [0.5, 0.6) is 29.3 Å². The number of hydrogen-bond acceptors (Lipinski definition) is 10. The summed E-state index contributed by atoms with van der Waals surface area (Å²) in [6.07, 6.45) is 0. The molecule has 3 heterocycles. The molecule has 0 spiro atoms. The number of carboxylic acid groups (broad SMARTS) is 1. The van der Waals surface area contributed by atoms with Gasteiger partial charge >= 0.3 is 12.0 Å². The third kappa shape index (κ3) is 4.82. The Hall–Kier alpha value is -5.20. The number of carboxylic acids is 1. The number of aliphatic imine (C=N–C) groups is 1. The van der Waals surface area contributed by atoms with E-state index in [2.05, 4.69) is 20.3 Å². The van der Waals surface area contributed by atoms with E-state index in [-0.39, 0.29) is 52.8 Å².